The number of unbranched alkanes of at least 4 members (excludes halogenated alkanes) is 1. The Morgan fingerprint density at radius 3 is 2.32 bits per heavy atom. The molecule has 1 fully saturated rings. The minimum Gasteiger partial charge on any atom is -0.493 e. The zero-order valence-corrected chi connectivity index (χ0v) is 28.3. The van der Waals surface area contributed by atoms with Crippen LogP contribution in [-0.4, -0.2) is 99.2 Å². The lowest BCUT2D eigenvalue weighted by atomic mass is 9.83. The smallest absolute Gasteiger partial charge is 0.255 e. The molecule has 1 saturated heterocycles. The molecule has 0 radical (unpaired) electrons. The van der Waals surface area contributed by atoms with E-state index in [1.54, 1.807) is 13.2 Å². The van der Waals surface area contributed by atoms with Gasteiger partial charge in [-0.2, -0.15) is 0 Å². The fourth-order valence-electron chi connectivity index (χ4n) is 5.56. The highest BCUT2D eigenvalue weighted by atomic mass is 16.5. The maximum atomic E-state index is 13.3. The molecule has 1 aromatic carbocycles. The summed E-state index contributed by atoms with van der Waals surface area (Å²) in [5.74, 6) is 0.264. The number of amides is 2. The number of nitrogens with zero attached hydrogens (tertiary/aromatic N) is 1. The molecule has 2 rings (SSSR count). The van der Waals surface area contributed by atoms with Gasteiger partial charge in [-0.05, 0) is 69.4 Å². The first-order valence-corrected chi connectivity index (χ1v) is 16.4. The predicted octanol–water partition coefficient (Wildman–Crippen LogP) is 3.46. The highest BCUT2D eigenvalue weighted by Gasteiger charge is 2.33. The second-order valence-corrected chi connectivity index (χ2v) is 13.4. The van der Waals surface area contributed by atoms with Gasteiger partial charge in [-0.1, -0.05) is 39.8 Å². The van der Waals surface area contributed by atoms with Gasteiger partial charge >= 0.3 is 0 Å². The lowest BCUT2D eigenvalue weighted by molar-refractivity contribution is -0.128. The zero-order valence-electron chi connectivity index (χ0n) is 28.3. The number of nitrogens with one attached hydrogen (secondary N) is 2. The maximum Gasteiger partial charge on any atom is 0.255 e. The number of para-hydroxylation sites is 1. The van der Waals surface area contributed by atoms with Crippen LogP contribution in [0.5, 0.6) is 5.75 Å². The van der Waals surface area contributed by atoms with E-state index in [2.05, 4.69) is 43.2 Å². The molecule has 5 N–H and O–H groups in total. The van der Waals surface area contributed by atoms with Crippen molar-refractivity contribution in [3.05, 3.63) is 29.8 Å². The van der Waals surface area contributed by atoms with Crippen LogP contribution in [0, 0.1) is 23.7 Å². The number of benzene rings is 1. The Balaban J connectivity index is 1.92. The normalized spacial score (nSPS) is 17.2. The highest BCUT2D eigenvalue weighted by Crippen LogP contribution is 2.24. The first-order chi connectivity index (χ1) is 20.9. The SMILES string of the molecule is COCCCCOc1ccccc1C(=O)NCC(CC(N)C(O)CC(C(=O)NCC(C)(C)N1CCOCC1)C(C)C)C(C)C. The lowest BCUT2D eigenvalue weighted by Crippen LogP contribution is -2.56. The molecule has 1 aromatic rings. The van der Waals surface area contributed by atoms with Crippen LogP contribution >= 0.6 is 0 Å². The van der Waals surface area contributed by atoms with Crippen molar-refractivity contribution in [3.8, 4) is 5.75 Å². The van der Waals surface area contributed by atoms with E-state index in [1.165, 1.54) is 0 Å². The Morgan fingerprint density at radius 1 is 1.02 bits per heavy atom. The van der Waals surface area contributed by atoms with Crippen LogP contribution in [0.3, 0.4) is 0 Å². The second kappa shape index (κ2) is 19.3. The average molecular weight is 621 g/mol. The fraction of sp³-hybridized carbons (Fsp3) is 0.765. The fourth-order valence-corrected chi connectivity index (χ4v) is 5.56. The van der Waals surface area contributed by atoms with Crippen molar-refractivity contribution in [2.24, 2.45) is 29.4 Å². The number of ether oxygens (including phenoxy) is 3. The third kappa shape index (κ3) is 12.6. The Morgan fingerprint density at radius 2 is 1.68 bits per heavy atom. The van der Waals surface area contributed by atoms with Gasteiger partial charge in [0.2, 0.25) is 5.91 Å². The molecule has 4 atom stereocenters. The van der Waals surface area contributed by atoms with Crippen LogP contribution in [-0.2, 0) is 14.3 Å². The van der Waals surface area contributed by atoms with Crippen molar-refractivity contribution in [2.45, 2.75) is 84.9 Å². The van der Waals surface area contributed by atoms with Crippen LogP contribution in [0.1, 0.15) is 77.6 Å². The minimum absolute atomic E-state index is 0.0470. The molecule has 1 aliphatic heterocycles. The van der Waals surface area contributed by atoms with E-state index < -0.39 is 12.1 Å². The Labute approximate surface area is 265 Å². The number of morpholine rings is 1. The summed E-state index contributed by atoms with van der Waals surface area (Å²) in [5, 5.41) is 17.3. The van der Waals surface area contributed by atoms with Gasteiger partial charge in [0.25, 0.3) is 5.91 Å². The van der Waals surface area contributed by atoms with Crippen molar-refractivity contribution in [1.82, 2.24) is 15.5 Å². The number of aliphatic hydroxyl groups is 1. The molecule has 10 heteroatoms. The highest BCUT2D eigenvalue weighted by molar-refractivity contribution is 5.96. The van der Waals surface area contributed by atoms with Gasteiger partial charge in [0.05, 0.1) is 31.5 Å². The van der Waals surface area contributed by atoms with Gasteiger partial charge in [-0.15, -0.1) is 0 Å². The summed E-state index contributed by atoms with van der Waals surface area (Å²) in [6.45, 7) is 17.7. The summed E-state index contributed by atoms with van der Waals surface area (Å²) in [7, 11) is 1.68. The first-order valence-electron chi connectivity index (χ1n) is 16.4. The van der Waals surface area contributed by atoms with E-state index in [-0.39, 0.29) is 47.4 Å². The van der Waals surface area contributed by atoms with E-state index in [1.807, 2.05) is 32.0 Å². The molecule has 44 heavy (non-hydrogen) atoms. The van der Waals surface area contributed by atoms with Gasteiger partial charge in [0, 0.05) is 57.4 Å². The van der Waals surface area contributed by atoms with Crippen molar-refractivity contribution < 1.29 is 28.9 Å². The van der Waals surface area contributed by atoms with Gasteiger partial charge in [0.15, 0.2) is 0 Å². The monoisotopic (exact) mass is 620 g/mol. The van der Waals surface area contributed by atoms with Crippen LogP contribution in [0.25, 0.3) is 0 Å². The number of methoxy groups -OCH3 is 1. The lowest BCUT2D eigenvalue weighted by Gasteiger charge is -2.41. The summed E-state index contributed by atoms with van der Waals surface area (Å²) in [6.07, 6.45) is 1.69. The van der Waals surface area contributed by atoms with Crippen LogP contribution in [0.15, 0.2) is 24.3 Å². The summed E-state index contributed by atoms with van der Waals surface area (Å²) in [4.78, 5) is 28.8. The van der Waals surface area contributed by atoms with Crippen LogP contribution in [0.4, 0.5) is 0 Å². The standard InChI is InChI=1S/C34H60N4O6/c1-24(2)26(22-36-32(40)27-12-8-9-13-31(27)44-17-11-10-16-42-7)20-29(35)30(39)21-28(25(3)4)33(41)37-23-34(5,6)38-14-18-43-19-15-38/h8-9,12-13,24-26,28-30,39H,10-11,14-23,35H2,1-7H3,(H,36,40)(H,37,41). The Kier molecular flexibility index (Phi) is 16.7. The molecule has 10 nitrogen and oxygen atoms in total. The van der Waals surface area contributed by atoms with Crippen molar-refractivity contribution in [1.29, 1.82) is 0 Å². The third-order valence-corrected chi connectivity index (χ3v) is 8.87. The number of aliphatic hydroxyl groups excluding tert-OH is 1. The van der Waals surface area contributed by atoms with Gasteiger partial charge < -0.3 is 35.7 Å². The number of hydrogen-bond acceptors (Lipinski definition) is 8. The molecule has 252 valence electrons. The average Bonchev–Trinajstić information content (AvgIpc) is 3.00. The number of rotatable bonds is 20. The van der Waals surface area contributed by atoms with E-state index >= 15 is 0 Å². The van der Waals surface area contributed by atoms with Crippen LogP contribution in [0.2, 0.25) is 0 Å². The molecule has 0 spiro atoms. The van der Waals surface area contributed by atoms with Gasteiger partial charge in [-0.3, -0.25) is 14.5 Å². The predicted molar refractivity (Wildman–Crippen MR) is 175 cm³/mol. The Hall–Kier alpha value is -2.24. The third-order valence-electron chi connectivity index (χ3n) is 8.87. The molecule has 2 amide bonds. The maximum absolute atomic E-state index is 13.3. The number of carbonyl (C=O) groups is 2. The Bertz CT molecular complexity index is 982. The van der Waals surface area contributed by atoms with Crippen LogP contribution < -0.4 is 21.1 Å². The molecule has 0 aromatic heterocycles. The first kappa shape index (κ1) is 37.9. The molecule has 1 aliphatic rings. The molecular formula is C34H60N4O6. The van der Waals surface area contributed by atoms with E-state index in [4.69, 9.17) is 19.9 Å². The number of hydrogen-bond donors (Lipinski definition) is 4. The van der Waals surface area contributed by atoms with E-state index in [0.717, 1.165) is 25.9 Å². The molecular weight excluding hydrogens is 560 g/mol. The molecule has 4 unspecified atom stereocenters. The van der Waals surface area contributed by atoms with Gasteiger partial charge in [-0.25, -0.2) is 0 Å². The van der Waals surface area contributed by atoms with Crippen molar-refractivity contribution in [2.75, 3.05) is 59.7 Å². The van der Waals surface area contributed by atoms with Crippen molar-refractivity contribution >= 4 is 11.8 Å². The van der Waals surface area contributed by atoms with Gasteiger partial charge in [0.1, 0.15) is 5.75 Å². The summed E-state index contributed by atoms with van der Waals surface area (Å²) in [6, 6.07) is 6.72. The molecule has 1 heterocycles. The largest absolute Gasteiger partial charge is 0.493 e. The van der Waals surface area contributed by atoms with Crippen molar-refractivity contribution in [3.63, 3.8) is 0 Å². The quantitative estimate of drug-likeness (QED) is 0.163. The minimum atomic E-state index is -0.843. The molecule has 0 bridgehead atoms. The molecule has 0 saturated carbocycles. The van der Waals surface area contributed by atoms with E-state index in [9.17, 15) is 14.7 Å². The van der Waals surface area contributed by atoms with E-state index in [0.29, 0.717) is 57.3 Å². The summed E-state index contributed by atoms with van der Waals surface area (Å²) < 4.78 is 16.4. The number of carbonyl (C=O) groups excluding carboxylic acids is 2. The molecule has 0 aliphatic carbocycles. The number of nitrogens with two attached hydrogens (primary N) is 1. The summed E-state index contributed by atoms with van der Waals surface area (Å²) in [5.41, 5.74) is 6.84. The second-order valence-electron chi connectivity index (χ2n) is 13.4. The summed E-state index contributed by atoms with van der Waals surface area (Å²) >= 11 is 0. The zero-order chi connectivity index (χ0) is 32.7. The topological polar surface area (TPSA) is 135 Å².